The molecule has 0 radical (unpaired) electrons. The van der Waals surface area contributed by atoms with E-state index in [1.54, 1.807) is 17.5 Å². The van der Waals surface area contributed by atoms with Crippen molar-refractivity contribution in [2.24, 2.45) is 5.92 Å². The number of carbonyl (C=O) groups excluding carboxylic acids is 1. The van der Waals surface area contributed by atoms with Crippen molar-refractivity contribution in [3.05, 3.63) is 47.1 Å². The molecule has 0 bridgehead atoms. The Balaban J connectivity index is 1.53. The fourth-order valence-corrected chi connectivity index (χ4v) is 4.43. The Morgan fingerprint density at radius 1 is 1.25 bits per heavy atom. The molecule has 0 aromatic carbocycles. The molecule has 1 aliphatic carbocycles. The number of nitrogens with zero attached hydrogens (tertiary/aromatic N) is 5. The van der Waals surface area contributed by atoms with Crippen LogP contribution in [0.15, 0.2) is 34.3 Å². The highest BCUT2D eigenvalue weighted by molar-refractivity contribution is 7.13. The lowest BCUT2D eigenvalue weighted by Crippen LogP contribution is -2.32. The van der Waals surface area contributed by atoms with Crippen molar-refractivity contribution in [1.82, 2.24) is 30.2 Å². The van der Waals surface area contributed by atoms with Gasteiger partial charge in [-0.25, -0.2) is 9.67 Å². The van der Waals surface area contributed by atoms with Crippen molar-refractivity contribution < 1.29 is 9.32 Å². The molecule has 9 heteroatoms. The van der Waals surface area contributed by atoms with Crippen LogP contribution >= 0.6 is 11.3 Å². The van der Waals surface area contributed by atoms with Gasteiger partial charge < -0.3 is 9.84 Å². The van der Waals surface area contributed by atoms with E-state index in [4.69, 9.17) is 9.51 Å². The van der Waals surface area contributed by atoms with Crippen molar-refractivity contribution in [2.75, 3.05) is 0 Å². The van der Waals surface area contributed by atoms with Crippen molar-refractivity contribution in [3.63, 3.8) is 0 Å². The molecule has 0 saturated heterocycles. The van der Waals surface area contributed by atoms with E-state index in [9.17, 15) is 4.79 Å². The fraction of sp³-hybridized carbons (Fsp3) is 0.435. The van der Waals surface area contributed by atoms with Crippen molar-refractivity contribution >= 4 is 28.3 Å². The minimum atomic E-state index is -0.379. The van der Waals surface area contributed by atoms with Crippen molar-refractivity contribution in [2.45, 2.75) is 58.5 Å². The molecular formula is C23H26N6O2S. The lowest BCUT2D eigenvalue weighted by molar-refractivity contribution is 0.0915. The van der Waals surface area contributed by atoms with E-state index in [1.807, 2.05) is 56.0 Å². The van der Waals surface area contributed by atoms with E-state index in [-0.39, 0.29) is 23.9 Å². The van der Waals surface area contributed by atoms with Gasteiger partial charge in [0.05, 0.1) is 27.7 Å². The summed E-state index contributed by atoms with van der Waals surface area (Å²) < 4.78 is 7.38. The molecule has 1 saturated carbocycles. The Kier molecular flexibility index (Phi) is 5.28. The first-order valence-electron chi connectivity index (χ1n) is 11.0. The second-order valence-electron chi connectivity index (χ2n) is 8.91. The molecule has 0 spiro atoms. The predicted octanol–water partition coefficient (Wildman–Crippen LogP) is 5.13. The van der Waals surface area contributed by atoms with E-state index in [0.717, 1.165) is 34.6 Å². The van der Waals surface area contributed by atoms with Gasteiger partial charge in [-0.05, 0) is 50.1 Å². The first-order chi connectivity index (χ1) is 15.4. The molecule has 5 rings (SSSR count). The Morgan fingerprint density at radius 2 is 2.06 bits per heavy atom. The Hall–Kier alpha value is -3.07. The molecule has 4 heterocycles. The molecular weight excluding hydrogens is 424 g/mol. The molecule has 1 amide bonds. The summed E-state index contributed by atoms with van der Waals surface area (Å²) in [6.45, 7) is 8.16. The molecule has 32 heavy (non-hydrogen) atoms. The van der Waals surface area contributed by atoms with E-state index in [0.29, 0.717) is 23.0 Å². The second kappa shape index (κ2) is 8.12. The maximum atomic E-state index is 13.5. The van der Waals surface area contributed by atoms with Gasteiger partial charge in [-0.15, -0.1) is 11.3 Å². The van der Waals surface area contributed by atoms with Gasteiger partial charge in [-0.1, -0.05) is 25.1 Å². The number of amides is 1. The topological polar surface area (TPSA) is 98.7 Å². The molecule has 1 fully saturated rings. The highest BCUT2D eigenvalue weighted by Gasteiger charge is 2.32. The van der Waals surface area contributed by atoms with Crippen LogP contribution in [-0.2, 0) is 0 Å². The van der Waals surface area contributed by atoms with Crippen LogP contribution in [0, 0.1) is 5.92 Å². The molecule has 1 aliphatic rings. The number of fused-ring (bicyclic) bond motifs is 1. The smallest absolute Gasteiger partial charge is 0.252 e. The Labute approximate surface area is 190 Å². The third-order valence-corrected chi connectivity index (χ3v) is 6.59. The van der Waals surface area contributed by atoms with Crippen LogP contribution in [0.1, 0.15) is 80.6 Å². The van der Waals surface area contributed by atoms with E-state index < -0.39 is 0 Å². The normalized spacial score (nSPS) is 15.1. The molecule has 1 atom stereocenters. The highest BCUT2D eigenvalue weighted by Crippen LogP contribution is 2.39. The summed E-state index contributed by atoms with van der Waals surface area (Å²) in [6, 6.07) is 5.57. The van der Waals surface area contributed by atoms with Crippen LogP contribution in [-0.4, -0.2) is 30.8 Å². The van der Waals surface area contributed by atoms with Crippen LogP contribution in [0.4, 0.5) is 0 Å². The minimum Gasteiger partial charge on any atom is -0.340 e. The first-order valence-corrected chi connectivity index (χ1v) is 11.9. The lowest BCUT2D eigenvalue weighted by atomic mass is 10.0. The summed E-state index contributed by atoms with van der Waals surface area (Å²) in [5.74, 6) is 1.47. The maximum absolute atomic E-state index is 13.5. The van der Waals surface area contributed by atoms with Crippen LogP contribution in [0.25, 0.3) is 21.6 Å². The zero-order valence-electron chi connectivity index (χ0n) is 18.6. The zero-order valence-corrected chi connectivity index (χ0v) is 19.4. The average Bonchev–Trinajstić information content (AvgIpc) is 3.17. The zero-order chi connectivity index (χ0) is 22.4. The SMILES string of the molecule is CC(C)C(NC(=O)c1cc(-c2cccs2)nc2c1cnn2C(C)C)c1nc(C2CC2)no1. The number of pyridine rings is 1. The quantitative estimate of drug-likeness (QED) is 0.419. The fourth-order valence-electron chi connectivity index (χ4n) is 3.75. The largest absolute Gasteiger partial charge is 0.340 e. The van der Waals surface area contributed by atoms with Gasteiger partial charge in [0, 0.05) is 12.0 Å². The van der Waals surface area contributed by atoms with Gasteiger partial charge in [-0.2, -0.15) is 10.1 Å². The summed E-state index contributed by atoms with van der Waals surface area (Å²) >= 11 is 1.59. The van der Waals surface area contributed by atoms with Gasteiger partial charge >= 0.3 is 0 Å². The van der Waals surface area contributed by atoms with E-state index in [1.165, 1.54) is 0 Å². The molecule has 1 N–H and O–H groups in total. The number of aromatic nitrogens is 5. The molecule has 166 valence electrons. The van der Waals surface area contributed by atoms with Crippen LogP contribution < -0.4 is 5.32 Å². The molecule has 8 nitrogen and oxygen atoms in total. The monoisotopic (exact) mass is 450 g/mol. The van der Waals surface area contributed by atoms with Gasteiger partial charge in [0.2, 0.25) is 5.89 Å². The van der Waals surface area contributed by atoms with Crippen molar-refractivity contribution in [3.8, 4) is 10.6 Å². The number of carbonyl (C=O) groups is 1. The molecule has 0 aliphatic heterocycles. The third kappa shape index (κ3) is 3.81. The third-order valence-electron chi connectivity index (χ3n) is 5.69. The van der Waals surface area contributed by atoms with Gasteiger partial charge in [0.15, 0.2) is 11.5 Å². The summed E-state index contributed by atoms with van der Waals surface area (Å²) in [5, 5.41) is 14.5. The Bertz CT molecular complexity index is 1250. The lowest BCUT2D eigenvalue weighted by Gasteiger charge is -2.19. The van der Waals surface area contributed by atoms with Gasteiger partial charge in [0.1, 0.15) is 6.04 Å². The summed E-state index contributed by atoms with van der Waals surface area (Å²) in [7, 11) is 0. The summed E-state index contributed by atoms with van der Waals surface area (Å²) in [5.41, 5.74) is 2.00. The summed E-state index contributed by atoms with van der Waals surface area (Å²) in [4.78, 5) is 23.9. The van der Waals surface area contributed by atoms with Gasteiger partial charge in [0.25, 0.3) is 5.91 Å². The standard InChI is InChI=1S/C23H26N6O2S/c1-12(2)19(23-27-20(28-31-23)14-7-8-14)26-22(30)15-10-17(18-6-5-9-32-18)25-21-16(15)11-24-29(21)13(3)4/h5-6,9-14,19H,7-8H2,1-4H3,(H,26,30). The number of hydrogen-bond acceptors (Lipinski definition) is 7. The molecule has 4 aromatic heterocycles. The van der Waals surface area contributed by atoms with E-state index in [2.05, 4.69) is 20.6 Å². The van der Waals surface area contributed by atoms with Gasteiger partial charge in [-0.3, -0.25) is 4.79 Å². The molecule has 4 aromatic rings. The first kappa shape index (κ1) is 20.8. The summed E-state index contributed by atoms with van der Waals surface area (Å²) in [6.07, 6.45) is 3.91. The maximum Gasteiger partial charge on any atom is 0.252 e. The van der Waals surface area contributed by atoms with Crippen LogP contribution in [0.2, 0.25) is 0 Å². The van der Waals surface area contributed by atoms with E-state index >= 15 is 0 Å². The van der Waals surface area contributed by atoms with Crippen LogP contribution in [0.3, 0.4) is 0 Å². The highest BCUT2D eigenvalue weighted by atomic mass is 32.1. The molecule has 1 unspecified atom stereocenters. The number of nitrogens with one attached hydrogen (secondary N) is 1. The minimum absolute atomic E-state index is 0.0823. The Morgan fingerprint density at radius 3 is 2.72 bits per heavy atom. The van der Waals surface area contributed by atoms with Crippen molar-refractivity contribution in [1.29, 1.82) is 0 Å². The van der Waals surface area contributed by atoms with Crippen LogP contribution in [0.5, 0.6) is 0 Å². The number of hydrogen-bond donors (Lipinski definition) is 1. The average molecular weight is 451 g/mol. The second-order valence-corrected chi connectivity index (χ2v) is 9.86. The number of thiophene rings is 1. The predicted molar refractivity (Wildman–Crippen MR) is 123 cm³/mol. The number of rotatable bonds is 7.